The van der Waals surface area contributed by atoms with Crippen molar-refractivity contribution in [3.05, 3.63) is 35.9 Å². The summed E-state index contributed by atoms with van der Waals surface area (Å²) >= 11 is 0. The maximum atomic E-state index is 11.7. The molecule has 1 fully saturated rings. The average Bonchev–Trinajstić information content (AvgIpc) is 3.28. The van der Waals surface area contributed by atoms with Gasteiger partial charge in [-0.1, -0.05) is 43.2 Å². The van der Waals surface area contributed by atoms with Crippen molar-refractivity contribution in [3.63, 3.8) is 0 Å². The van der Waals surface area contributed by atoms with Crippen molar-refractivity contribution < 1.29 is 19.1 Å². The normalized spacial score (nSPS) is 15.2. The summed E-state index contributed by atoms with van der Waals surface area (Å²) in [6, 6.07) is 8.77. The number of nitrogens with one attached hydrogen (secondary N) is 1. The van der Waals surface area contributed by atoms with Crippen molar-refractivity contribution in [2.75, 3.05) is 7.11 Å². The van der Waals surface area contributed by atoms with Crippen LogP contribution in [0, 0.1) is 5.92 Å². The lowest BCUT2D eigenvalue weighted by molar-refractivity contribution is -0.143. The van der Waals surface area contributed by atoms with Crippen molar-refractivity contribution in [2.24, 2.45) is 5.92 Å². The van der Waals surface area contributed by atoms with Crippen LogP contribution in [0.4, 0.5) is 4.79 Å². The van der Waals surface area contributed by atoms with Gasteiger partial charge in [-0.05, 0) is 17.9 Å². The number of carbonyl (C=O) groups is 2. The molecule has 0 spiro atoms. The van der Waals surface area contributed by atoms with E-state index in [0.717, 1.165) is 18.4 Å². The van der Waals surface area contributed by atoms with E-state index in [1.807, 2.05) is 30.3 Å². The fourth-order valence-electron chi connectivity index (χ4n) is 1.95. The fraction of sp³-hybridized carbons (Fsp3) is 0.467. The van der Waals surface area contributed by atoms with E-state index in [9.17, 15) is 9.59 Å². The zero-order chi connectivity index (χ0) is 14.4. The number of amides is 1. The average molecular weight is 277 g/mol. The molecule has 1 amide bonds. The number of rotatable bonds is 6. The van der Waals surface area contributed by atoms with Crippen LogP contribution in [-0.4, -0.2) is 25.2 Å². The van der Waals surface area contributed by atoms with Crippen LogP contribution in [0.15, 0.2) is 30.3 Å². The van der Waals surface area contributed by atoms with Gasteiger partial charge in [0.1, 0.15) is 12.6 Å². The number of hydrogen-bond acceptors (Lipinski definition) is 4. The molecule has 5 nitrogen and oxygen atoms in total. The Morgan fingerprint density at radius 1 is 1.30 bits per heavy atom. The number of alkyl carbamates (subject to hydrolysis) is 1. The minimum absolute atomic E-state index is 0.185. The first-order valence-corrected chi connectivity index (χ1v) is 6.74. The molecule has 0 aliphatic heterocycles. The van der Waals surface area contributed by atoms with Crippen LogP contribution in [0.3, 0.4) is 0 Å². The predicted octanol–water partition coefficient (Wildman–Crippen LogP) is 2.25. The number of ether oxygens (including phenoxy) is 2. The third-order valence-corrected chi connectivity index (χ3v) is 3.26. The predicted molar refractivity (Wildman–Crippen MR) is 72.9 cm³/mol. The molecule has 0 saturated heterocycles. The molecule has 1 aromatic carbocycles. The number of hydrogen-bond donors (Lipinski definition) is 1. The molecule has 0 aromatic heterocycles. The number of benzene rings is 1. The Balaban J connectivity index is 1.79. The summed E-state index contributed by atoms with van der Waals surface area (Å²) in [5.41, 5.74) is 0.902. The molecule has 1 N–H and O–H groups in total. The molecular weight excluding hydrogens is 258 g/mol. The van der Waals surface area contributed by atoms with E-state index >= 15 is 0 Å². The lowest BCUT2D eigenvalue weighted by atomic mass is 10.1. The van der Waals surface area contributed by atoms with Gasteiger partial charge in [-0.15, -0.1) is 0 Å². The van der Waals surface area contributed by atoms with Crippen molar-refractivity contribution in [1.29, 1.82) is 0 Å². The highest BCUT2D eigenvalue weighted by atomic mass is 16.6. The minimum Gasteiger partial charge on any atom is -0.467 e. The second-order valence-corrected chi connectivity index (χ2v) is 4.96. The van der Waals surface area contributed by atoms with E-state index in [1.54, 1.807) is 0 Å². The number of carbonyl (C=O) groups excluding carboxylic acids is 2. The minimum atomic E-state index is -0.615. The molecular formula is C15H19NO4. The van der Waals surface area contributed by atoms with Crippen LogP contribution < -0.4 is 5.32 Å². The van der Waals surface area contributed by atoms with Crippen LogP contribution in [0.5, 0.6) is 0 Å². The van der Waals surface area contributed by atoms with Gasteiger partial charge in [-0.3, -0.25) is 0 Å². The molecule has 20 heavy (non-hydrogen) atoms. The molecule has 2 rings (SSSR count). The summed E-state index contributed by atoms with van der Waals surface area (Å²) in [6.45, 7) is 0.185. The summed E-state index contributed by atoms with van der Waals surface area (Å²) in [6.07, 6.45) is 2.24. The van der Waals surface area contributed by atoms with Gasteiger partial charge in [-0.2, -0.15) is 0 Å². The third kappa shape index (κ3) is 4.57. The summed E-state index contributed by atoms with van der Waals surface area (Å²) in [5.74, 6) is 0.0853. The molecule has 0 radical (unpaired) electrons. The smallest absolute Gasteiger partial charge is 0.408 e. The number of methoxy groups -OCH3 is 1. The largest absolute Gasteiger partial charge is 0.467 e. The highest BCUT2D eigenvalue weighted by molar-refractivity contribution is 5.81. The molecule has 1 aromatic rings. The first-order chi connectivity index (χ1) is 9.69. The lowest BCUT2D eigenvalue weighted by Gasteiger charge is -2.16. The van der Waals surface area contributed by atoms with Gasteiger partial charge >= 0.3 is 12.1 Å². The molecule has 108 valence electrons. The molecule has 1 atom stereocenters. The van der Waals surface area contributed by atoms with Crippen LogP contribution in [0.25, 0.3) is 0 Å². The van der Waals surface area contributed by atoms with Crippen molar-refractivity contribution in [1.82, 2.24) is 5.32 Å². The first-order valence-electron chi connectivity index (χ1n) is 6.74. The van der Waals surface area contributed by atoms with Gasteiger partial charge in [0.05, 0.1) is 7.11 Å². The van der Waals surface area contributed by atoms with Crippen LogP contribution in [0.2, 0.25) is 0 Å². The van der Waals surface area contributed by atoms with E-state index in [2.05, 4.69) is 5.32 Å². The summed E-state index contributed by atoms with van der Waals surface area (Å²) < 4.78 is 9.79. The van der Waals surface area contributed by atoms with Crippen LogP contribution >= 0.6 is 0 Å². The Kier molecular flexibility index (Phi) is 4.98. The standard InChI is InChI=1S/C15H19NO4/c1-19-14(17)13(9-11-7-8-11)16-15(18)20-10-12-5-3-2-4-6-12/h2-6,11,13H,7-10H2,1H3,(H,16,18). The van der Waals surface area contributed by atoms with Crippen molar-refractivity contribution >= 4 is 12.1 Å². The molecule has 1 aliphatic carbocycles. The van der Waals surface area contributed by atoms with E-state index in [0.29, 0.717) is 12.3 Å². The molecule has 0 bridgehead atoms. The Morgan fingerprint density at radius 2 is 2.00 bits per heavy atom. The second kappa shape index (κ2) is 6.93. The molecule has 1 aliphatic rings. The van der Waals surface area contributed by atoms with Crippen LogP contribution in [0.1, 0.15) is 24.8 Å². The highest BCUT2D eigenvalue weighted by Crippen LogP contribution is 2.33. The third-order valence-electron chi connectivity index (χ3n) is 3.26. The second-order valence-electron chi connectivity index (χ2n) is 4.96. The topological polar surface area (TPSA) is 64.6 Å². The molecule has 1 saturated carbocycles. The van der Waals surface area contributed by atoms with Gasteiger partial charge in [0.25, 0.3) is 0 Å². The Hall–Kier alpha value is -2.04. The first kappa shape index (κ1) is 14.4. The maximum absolute atomic E-state index is 11.7. The summed E-state index contributed by atoms with van der Waals surface area (Å²) in [7, 11) is 1.32. The highest BCUT2D eigenvalue weighted by Gasteiger charge is 2.31. The lowest BCUT2D eigenvalue weighted by Crippen LogP contribution is -2.42. The van der Waals surface area contributed by atoms with E-state index in [1.165, 1.54) is 7.11 Å². The van der Waals surface area contributed by atoms with Gasteiger partial charge in [-0.25, -0.2) is 9.59 Å². The Bertz CT molecular complexity index is 456. The summed E-state index contributed by atoms with van der Waals surface area (Å²) in [5, 5.41) is 2.57. The van der Waals surface area contributed by atoms with Gasteiger partial charge in [0.15, 0.2) is 0 Å². The monoisotopic (exact) mass is 277 g/mol. The SMILES string of the molecule is COC(=O)C(CC1CC1)NC(=O)OCc1ccccc1. The van der Waals surface area contributed by atoms with Crippen LogP contribution in [-0.2, 0) is 20.9 Å². The van der Waals surface area contributed by atoms with Gasteiger partial charge in [0, 0.05) is 0 Å². The van der Waals surface area contributed by atoms with E-state index in [-0.39, 0.29) is 6.61 Å². The summed E-state index contributed by atoms with van der Waals surface area (Å²) in [4.78, 5) is 23.3. The molecule has 0 heterocycles. The fourth-order valence-corrected chi connectivity index (χ4v) is 1.95. The maximum Gasteiger partial charge on any atom is 0.408 e. The zero-order valence-electron chi connectivity index (χ0n) is 11.5. The zero-order valence-corrected chi connectivity index (χ0v) is 11.5. The van der Waals surface area contributed by atoms with Gasteiger partial charge in [0.2, 0.25) is 0 Å². The van der Waals surface area contributed by atoms with Gasteiger partial charge < -0.3 is 14.8 Å². The quantitative estimate of drug-likeness (QED) is 0.810. The Labute approximate surface area is 118 Å². The number of esters is 1. The molecule has 5 heteroatoms. The van der Waals surface area contributed by atoms with Crippen molar-refractivity contribution in [3.8, 4) is 0 Å². The van der Waals surface area contributed by atoms with E-state index < -0.39 is 18.1 Å². The molecule has 1 unspecified atom stereocenters. The Morgan fingerprint density at radius 3 is 2.60 bits per heavy atom. The van der Waals surface area contributed by atoms with E-state index in [4.69, 9.17) is 9.47 Å². The van der Waals surface area contributed by atoms with Crippen molar-refractivity contribution in [2.45, 2.75) is 31.9 Å².